The molecule has 0 aromatic heterocycles. The van der Waals surface area contributed by atoms with Gasteiger partial charge in [-0.2, -0.15) is 5.26 Å². The molecule has 4 heteroatoms. The van der Waals surface area contributed by atoms with Gasteiger partial charge in [0, 0.05) is 0 Å². The van der Waals surface area contributed by atoms with E-state index in [1.54, 1.807) is 0 Å². The molecule has 0 N–H and O–H groups in total. The summed E-state index contributed by atoms with van der Waals surface area (Å²) >= 11 is 0. The normalized spacial score (nSPS) is 7.56. The number of rotatable bonds is 2. The van der Waals surface area contributed by atoms with E-state index in [4.69, 9.17) is 5.26 Å². The van der Waals surface area contributed by atoms with Gasteiger partial charge in [0.05, 0.1) is 7.11 Å². The van der Waals surface area contributed by atoms with Crippen molar-refractivity contribution in [1.29, 1.82) is 5.26 Å². The van der Waals surface area contributed by atoms with Gasteiger partial charge in [-0.05, 0) is 0 Å². The third-order valence-corrected chi connectivity index (χ3v) is 0.657. The van der Waals surface area contributed by atoms with Gasteiger partial charge in [-0.25, -0.2) is 0 Å². The number of carbonyl (C=O) groups excluding carboxylic acids is 2. The molecule has 0 fully saturated rings. The maximum absolute atomic E-state index is 10.2. The van der Waals surface area contributed by atoms with Gasteiger partial charge < -0.3 is 4.74 Å². The average Bonchev–Trinajstić information content (AvgIpc) is 1.87. The number of hydrogen-bond acceptors (Lipinski definition) is 4. The van der Waals surface area contributed by atoms with Crippen LogP contribution in [0, 0.1) is 11.3 Å². The first-order valence-electron chi connectivity index (χ1n) is 2.20. The number of esters is 1. The Morgan fingerprint density at radius 2 is 2.22 bits per heavy atom. The number of nitriles is 1. The van der Waals surface area contributed by atoms with Crippen molar-refractivity contribution in [3.63, 3.8) is 0 Å². The smallest absolute Gasteiger partial charge is 0.314 e. The van der Waals surface area contributed by atoms with Crippen LogP contribution < -0.4 is 0 Å². The van der Waals surface area contributed by atoms with Gasteiger partial charge in [-0.15, -0.1) is 0 Å². The van der Waals surface area contributed by atoms with E-state index in [-0.39, 0.29) is 0 Å². The Hall–Kier alpha value is -1.37. The minimum absolute atomic E-state index is 0.451. The first-order chi connectivity index (χ1) is 4.20. The van der Waals surface area contributed by atoms with Crippen molar-refractivity contribution in [3.8, 4) is 6.07 Å². The molecule has 0 saturated heterocycles. The number of carbonyl (C=O) groups is 2. The summed E-state index contributed by atoms with van der Waals surface area (Å²) < 4.78 is 4.11. The molecule has 0 radical (unpaired) electrons. The van der Waals surface area contributed by atoms with E-state index in [0.717, 1.165) is 7.11 Å². The fourth-order valence-corrected chi connectivity index (χ4v) is 0.243. The minimum atomic E-state index is -0.776. The number of methoxy groups -OCH3 is 1. The van der Waals surface area contributed by atoms with Crippen molar-refractivity contribution in [3.05, 3.63) is 0 Å². The Balaban J connectivity index is 3.64. The highest BCUT2D eigenvalue weighted by molar-refractivity contribution is 6.04. The van der Waals surface area contributed by atoms with Gasteiger partial charge in [0.15, 0.2) is 0 Å². The molecule has 0 saturated carbocycles. The summed E-state index contributed by atoms with van der Waals surface area (Å²) in [6.07, 6.45) is -0.451. The van der Waals surface area contributed by atoms with Crippen molar-refractivity contribution in [2.24, 2.45) is 0 Å². The van der Waals surface area contributed by atoms with Gasteiger partial charge in [0.1, 0.15) is 12.5 Å². The second-order valence-corrected chi connectivity index (χ2v) is 1.29. The summed E-state index contributed by atoms with van der Waals surface area (Å²) in [6, 6.07) is 1.29. The summed E-state index contributed by atoms with van der Waals surface area (Å²) in [7, 11) is 1.16. The number of nitrogens with zero attached hydrogens (tertiary/aromatic N) is 1. The largest absolute Gasteiger partial charge is 0.469 e. The van der Waals surface area contributed by atoms with Crippen LogP contribution in [0.5, 0.6) is 0 Å². The lowest BCUT2D eigenvalue weighted by Gasteiger charge is -1.89. The van der Waals surface area contributed by atoms with Crippen LogP contribution in [-0.2, 0) is 14.3 Å². The van der Waals surface area contributed by atoms with Crippen LogP contribution in [0.4, 0.5) is 0 Å². The van der Waals surface area contributed by atoms with Crippen LogP contribution in [0.1, 0.15) is 6.42 Å². The van der Waals surface area contributed by atoms with E-state index in [9.17, 15) is 9.59 Å². The van der Waals surface area contributed by atoms with Crippen LogP contribution in [-0.4, -0.2) is 18.9 Å². The first-order valence-corrected chi connectivity index (χ1v) is 2.20. The van der Waals surface area contributed by atoms with Crippen LogP contribution in [0.15, 0.2) is 0 Å². The quantitative estimate of drug-likeness (QED) is 0.288. The highest BCUT2D eigenvalue weighted by Gasteiger charge is 2.06. The van der Waals surface area contributed by atoms with E-state index >= 15 is 0 Å². The topological polar surface area (TPSA) is 67.2 Å². The molecule has 9 heavy (non-hydrogen) atoms. The highest BCUT2D eigenvalue weighted by atomic mass is 16.5. The molecule has 0 heterocycles. The minimum Gasteiger partial charge on any atom is -0.469 e. The highest BCUT2D eigenvalue weighted by Crippen LogP contribution is 1.83. The van der Waals surface area contributed by atoms with Gasteiger partial charge in [0.25, 0.3) is 0 Å². The predicted molar refractivity (Wildman–Crippen MR) is 27.3 cm³/mol. The van der Waals surface area contributed by atoms with Gasteiger partial charge in [-0.1, -0.05) is 0 Å². The lowest BCUT2D eigenvalue weighted by Crippen LogP contribution is -2.06. The molecule has 0 amide bonds. The third-order valence-electron chi connectivity index (χ3n) is 0.657. The summed E-state index contributed by atoms with van der Waals surface area (Å²) in [5.74, 6) is -1.46. The molecule has 0 atom stereocenters. The molecule has 0 rings (SSSR count). The zero-order valence-corrected chi connectivity index (χ0v) is 4.88. The van der Waals surface area contributed by atoms with Crippen molar-refractivity contribution in [1.82, 2.24) is 0 Å². The molecular weight excluding hydrogens is 122 g/mol. The molecule has 0 aliphatic heterocycles. The fraction of sp³-hybridized carbons (Fsp3) is 0.400. The average molecular weight is 127 g/mol. The molecular formula is C5H5NO3. The molecule has 0 aliphatic carbocycles. The molecule has 0 aromatic carbocycles. The Bertz CT molecular complexity index is 168. The molecule has 4 nitrogen and oxygen atoms in total. The Morgan fingerprint density at radius 3 is 2.56 bits per heavy atom. The third kappa shape index (κ3) is 3.23. The van der Waals surface area contributed by atoms with Crippen molar-refractivity contribution in [2.75, 3.05) is 7.11 Å². The zero-order valence-electron chi connectivity index (χ0n) is 4.88. The maximum atomic E-state index is 10.2. The lowest BCUT2D eigenvalue weighted by molar-refractivity contribution is -0.142. The number of ketones is 1. The van der Waals surface area contributed by atoms with Crippen molar-refractivity contribution >= 4 is 11.8 Å². The molecule has 0 spiro atoms. The predicted octanol–water partition coefficient (Wildman–Crippen LogP) is -0.358. The van der Waals surface area contributed by atoms with E-state index < -0.39 is 18.2 Å². The fourth-order valence-electron chi connectivity index (χ4n) is 0.243. The van der Waals surface area contributed by atoms with Crippen LogP contribution >= 0.6 is 0 Å². The lowest BCUT2D eigenvalue weighted by atomic mass is 10.3. The summed E-state index contributed by atoms with van der Waals surface area (Å²) in [5.41, 5.74) is 0. The first kappa shape index (κ1) is 7.63. The van der Waals surface area contributed by atoms with Gasteiger partial charge in [0.2, 0.25) is 5.78 Å². The van der Waals surface area contributed by atoms with E-state index in [2.05, 4.69) is 4.74 Å². The molecule has 0 unspecified atom stereocenters. The van der Waals surface area contributed by atoms with E-state index in [1.807, 2.05) is 0 Å². The molecule has 0 aromatic rings. The van der Waals surface area contributed by atoms with Crippen LogP contribution in [0.3, 0.4) is 0 Å². The monoisotopic (exact) mass is 127 g/mol. The van der Waals surface area contributed by atoms with E-state index in [0.29, 0.717) is 0 Å². The summed E-state index contributed by atoms with van der Waals surface area (Å²) in [6.45, 7) is 0. The molecule has 48 valence electrons. The van der Waals surface area contributed by atoms with Crippen LogP contribution in [0.2, 0.25) is 0 Å². The SMILES string of the molecule is COC(=O)CC(=O)C#N. The van der Waals surface area contributed by atoms with E-state index in [1.165, 1.54) is 6.07 Å². The van der Waals surface area contributed by atoms with Crippen LogP contribution in [0.25, 0.3) is 0 Å². The number of Topliss-reactive ketones (excluding diaryl/α,β-unsaturated/α-hetero) is 1. The van der Waals surface area contributed by atoms with Gasteiger partial charge in [-0.3, -0.25) is 9.59 Å². The molecule has 0 aliphatic rings. The maximum Gasteiger partial charge on any atom is 0.314 e. The second kappa shape index (κ2) is 3.61. The van der Waals surface area contributed by atoms with Crippen molar-refractivity contribution in [2.45, 2.75) is 6.42 Å². The van der Waals surface area contributed by atoms with Crippen molar-refractivity contribution < 1.29 is 14.3 Å². The number of hydrogen-bond donors (Lipinski definition) is 0. The second-order valence-electron chi connectivity index (χ2n) is 1.29. The van der Waals surface area contributed by atoms with Gasteiger partial charge >= 0.3 is 5.97 Å². The summed E-state index contributed by atoms with van der Waals surface area (Å²) in [5, 5.41) is 7.87. The zero-order chi connectivity index (χ0) is 7.28. The Labute approximate surface area is 52.0 Å². The Kier molecular flexibility index (Phi) is 3.06. The molecule has 0 bridgehead atoms. The summed E-state index contributed by atoms with van der Waals surface area (Å²) in [4.78, 5) is 20.3. The standard InChI is InChI=1S/C5H5NO3/c1-9-5(8)2-4(7)3-6/h2H2,1H3. The number of ether oxygens (including phenoxy) is 1. The Morgan fingerprint density at radius 1 is 1.67 bits per heavy atom.